The van der Waals surface area contributed by atoms with Gasteiger partial charge in [-0.05, 0) is 253 Å². The Morgan fingerprint density at radius 3 is 1.58 bits per heavy atom. The Bertz CT molecular complexity index is 1900. The number of hydrogen-bond donors (Lipinski definition) is 0. The summed E-state index contributed by atoms with van der Waals surface area (Å²) >= 11 is 4.24. The van der Waals surface area contributed by atoms with Crippen molar-refractivity contribution < 1.29 is 0 Å². The number of halogens is 2. The monoisotopic (exact) mass is 1130 g/mol. The summed E-state index contributed by atoms with van der Waals surface area (Å²) in [6, 6.07) is 0. The molecule has 66 heavy (non-hydrogen) atoms. The third-order valence-corrected chi connectivity index (χ3v) is 29.2. The van der Waals surface area contributed by atoms with Gasteiger partial charge in [-0.3, -0.25) is 0 Å². The lowest BCUT2D eigenvalue weighted by molar-refractivity contribution is -0.249. The Kier molecular flexibility index (Phi) is 13.5. The molecule has 10 aliphatic rings. The van der Waals surface area contributed by atoms with Crippen LogP contribution in [0.3, 0.4) is 0 Å². The van der Waals surface area contributed by atoms with Crippen molar-refractivity contribution in [1.29, 1.82) is 0 Å². The second-order valence-electron chi connectivity index (χ2n) is 31.9. The lowest BCUT2D eigenvalue weighted by Gasteiger charge is -2.74. The van der Waals surface area contributed by atoms with E-state index in [4.69, 9.17) is 0 Å². The molecular formula is C64H108I2. The molecule has 378 valence electrons. The summed E-state index contributed by atoms with van der Waals surface area (Å²) in [7, 11) is 0. The highest BCUT2D eigenvalue weighted by molar-refractivity contribution is 15.0. The van der Waals surface area contributed by atoms with E-state index in [1.807, 2.05) is 5.57 Å². The lowest BCUT2D eigenvalue weighted by atomic mass is 9.31. The Hall–Kier alpha value is 0.940. The summed E-state index contributed by atoms with van der Waals surface area (Å²) in [5, 5.41) is 0. The molecule has 0 aliphatic heterocycles. The maximum atomic E-state index is 4.51. The van der Waals surface area contributed by atoms with Crippen LogP contribution in [-0.4, -0.2) is 0 Å². The van der Waals surface area contributed by atoms with Crippen LogP contribution in [-0.2, 0) is 0 Å². The van der Waals surface area contributed by atoms with Crippen molar-refractivity contribution >= 4 is 37.2 Å². The largest absolute Gasteiger partial charge is 0.0998 e. The van der Waals surface area contributed by atoms with Crippen LogP contribution in [0.2, 0.25) is 0 Å². The van der Waals surface area contributed by atoms with Crippen LogP contribution in [0.5, 0.6) is 0 Å². The van der Waals surface area contributed by atoms with E-state index in [9.17, 15) is 0 Å². The van der Waals surface area contributed by atoms with E-state index >= 15 is 0 Å². The van der Waals surface area contributed by atoms with Gasteiger partial charge in [0.1, 0.15) is 0 Å². The fourth-order valence-electron chi connectivity index (χ4n) is 22.9. The SMILES string of the molecule is C=C(C)C1CCC2(C)CCC3(C)C(CCC4C5(C)CCC(C)(C)C(C)(C)C5CCC43C)C12.CC1CCC2(C)CCC3(C)C(=CCC4C5(C)CCC(C)(C)C(C)(C)C5CCC43C)C2C1C.II. The Labute approximate surface area is 435 Å². The van der Waals surface area contributed by atoms with Crippen molar-refractivity contribution in [1.82, 2.24) is 0 Å². The van der Waals surface area contributed by atoms with Crippen molar-refractivity contribution in [2.24, 2.45) is 124 Å². The average Bonchev–Trinajstić information content (AvgIpc) is 3.60. The summed E-state index contributed by atoms with van der Waals surface area (Å²) in [5.41, 5.74) is 9.32. The predicted octanol–water partition coefficient (Wildman–Crippen LogP) is 21.2. The van der Waals surface area contributed by atoms with Crippen LogP contribution in [0, 0.1) is 124 Å². The molecule has 10 rings (SSSR count). The van der Waals surface area contributed by atoms with Crippen LogP contribution < -0.4 is 0 Å². The van der Waals surface area contributed by atoms with Crippen LogP contribution in [0.1, 0.15) is 254 Å². The van der Waals surface area contributed by atoms with Crippen molar-refractivity contribution in [3.05, 3.63) is 23.8 Å². The number of fused-ring (bicyclic) bond motifs is 14. The van der Waals surface area contributed by atoms with E-state index < -0.39 is 0 Å². The molecule has 0 bridgehead atoms. The van der Waals surface area contributed by atoms with Gasteiger partial charge in [0.05, 0.1) is 0 Å². The van der Waals surface area contributed by atoms with Crippen molar-refractivity contribution in [3.8, 4) is 0 Å². The Morgan fingerprint density at radius 2 is 1.02 bits per heavy atom. The molecule has 18 unspecified atom stereocenters. The van der Waals surface area contributed by atoms with Crippen molar-refractivity contribution in [2.45, 2.75) is 254 Å². The normalized spacial score (nSPS) is 54.4. The second kappa shape index (κ2) is 16.7. The van der Waals surface area contributed by atoms with Gasteiger partial charge in [0, 0.05) is 37.2 Å². The average molecular weight is 1130 g/mol. The van der Waals surface area contributed by atoms with Crippen LogP contribution in [0.4, 0.5) is 0 Å². The molecule has 9 saturated carbocycles. The highest BCUT2D eigenvalue weighted by Crippen LogP contribution is 2.80. The van der Waals surface area contributed by atoms with Gasteiger partial charge in [-0.2, -0.15) is 0 Å². The van der Waals surface area contributed by atoms with Gasteiger partial charge in [-0.1, -0.05) is 148 Å². The summed E-state index contributed by atoms with van der Waals surface area (Å²) < 4.78 is 0. The fourth-order valence-corrected chi connectivity index (χ4v) is 22.9. The molecular weight excluding hydrogens is 1020 g/mol. The second-order valence-corrected chi connectivity index (χ2v) is 31.9. The molecule has 0 aromatic rings. The minimum Gasteiger partial charge on any atom is -0.0998 e. The minimum atomic E-state index is 0.413. The van der Waals surface area contributed by atoms with Gasteiger partial charge in [-0.15, -0.1) is 0 Å². The van der Waals surface area contributed by atoms with E-state index in [0.29, 0.717) is 65.0 Å². The summed E-state index contributed by atoms with van der Waals surface area (Å²) in [5.74, 6) is 8.69. The Balaban J connectivity index is 0.000000173. The van der Waals surface area contributed by atoms with E-state index in [1.165, 1.54) is 128 Å². The van der Waals surface area contributed by atoms with Gasteiger partial charge in [0.25, 0.3) is 0 Å². The molecule has 0 radical (unpaired) electrons. The highest BCUT2D eigenvalue weighted by Gasteiger charge is 2.72. The molecule has 0 aromatic heterocycles. The van der Waals surface area contributed by atoms with Crippen LogP contribution >= 0.6 is 37.2 Å². The molecule has 0 N–H and O–H groups in total. The predicted molar refractivity (Wildman–Crippen MR) is 305 cm³/mol. The Morgan fingerprint density at radius 1 is 0.500 bits per heavy atom. The molecule has 18 atom stereocenters. The third kappa shape index (κ3) is 6.99. The van der Waals surface area contributed by atoms with Crippen molar-refractivity contribution in [3.63, 3.8) is 0 Å². The molecule has 10 aliphatic carbocycles. The first kappa shape index (κ1) is 53.2. The molecule has 9 fully saturated rings. The molecule has 0 amide bonds. The first-order valence-electron chi connectivity index (χ1n) is 28.8. The zero-order valence-electron chi connectivity index (χ0n) is 47.2. The number of rotatable bonds is 1. The van der Waals surface area contributed by atoms with Gasteiger partial charge in [0.15, 0.2) is 0 Å². The first-order chi connectivity index (χ1) is 30.3. The van der Waals surface area contributed by atoms with Gasteiger partial charge in [0.2, 0.25) is 0 Å². The molecule has 0 saturated heterocycles. The van der Waals surface area contributed by atoms with Crippen molar-refractivity contribution in [2.75, 3.05) is 0 Å². The number of allylic oxidation sites excluding steroid dienone is 3. The highest BCUT2D eigenvalue weighted by atomic mass is 128. The first-order valence-corrected chi connectivity index (χ1v) is 35.1. The number of hydrogen-bond acceptors (Lipinski definition) is 0. The minimum absolute atomic E-state index is 0.413. The van der Waals surface area contributed by atoms with E-state index in [1.54, 1.807) is 0 Å². The molecule has 0 aromatic carbocycles. The van der Waals surface area contributed by atoms with Crippen LogP contribution in [0.25, 0.3) is 0 Å². The molecule has 2 heteroatoms. The summed E-state index contributed by atoms with van der Waals surface area (Å²) in [6.07, 6.45) is 30.4. The topological polar surface area (TPSA) is 0 Å². The van der Waals surface area contributed by atoms with Gasteiger partial charge in [-0.25, -0.2) is 0 Å². The zero-order chi connectivity index (χ0) is 49.1. The standard InChI is InChI=1S/2C32H54.I2/c1-21-13-15-29(7)18-20-31(9)23(26(29)22(21)2)11-12-25-30(8)19-17-27(3,4)28(5,6)24(30)14-16-32(25,31)10;1-21(2)22-13-15-29(7)18-20-31(9)23(26(22)29)11-12-25-30(8)19-17-27(3,4)28(5,6)24(30)14-16-32(25,31)10;1-2/h11,21-22,24-26H,12-20H2,1-10H3;22-26H,1,11-20H2,2-10H3;. The maximum absolute atomic E-state index is 4.51. The van der Waals surface area contributed by atoms with E-state index in [2.05, 4.69) is 181 Å². The molecule has 0 heterocycles. The fraction of sp³-hybridized carbons (Fsp3) is 0.938. The van der Waals surface area contributed by atoms with Gasteiger partial charge >= 0.3 is 0 Å². The van der Waals surface area contributed by atoms with Crippen LogP contribution in [0.15, 0.2) is 23.8 Å². The lowest BCUT2D eigenvalue weighted by Crippen LogP contribution is -2.66. The van der Waals surface area contributed by atoms with Gasteiger partial charge < -0.3 is 0 Å². The molecule has 0 nitrogen and oxygen atoms in total. The summed E-state index contributed by atoms with van der Waals surface area (Å²) in [4.78, 5) is 0. The van der Waals surface area contributed by atoms with E-state index in [-0.39, 0.29) is 0 Å². The van der Waals surface area contributed by atoms with E-state index in [0.717, 1.165) is 59.2 Å². The smallest absolute Gasteiger partial charge is 0 e. The quantitative estimate of drug-likeness (QED) is 0.181. The third-order valence-electron chi connectivity index (χ3n) is 29.2. The zero-order valence-corrected chi connectivity index (χ0v) is 51.6. The molecule has 0 spiro atoms. The summed E-state index contributed by atoms with van der Waals surface area (Å²) in [6.45, 7) is 54.7. The maximum Gasteiger partial charge on any atom is 0 e.